The van der Waals surface area contributed by atoms with Crippen molar-refractivity contribution in [1.82, 2.24) is 4.98 Å². The Morgan fingerprint density at radius 1 is 1.23 bits per heavy atom. The molecule has 0 aliphatic carbocycles. The Morgan fingerprint density at radius 2 is 1.97 bits per heavy atom. The topological polar surface area (TPSA) is 104 Å². The maximum absolute atomic E-state index is 12.7. The average Bonchev–Trinajstić information content (AvgIpc) is 3.16. The molecule has 0 fully saturated rings. The Hall–Kier alpha value is -3.46. The van der Waals surface area contributed by atoms with Crippen molar-refractivity contribution in [3.05, 3.63) is 74.3 Å². The molecular weight excluding hydrogens is 406 g/mol. The normalized spacial score (nSPS) is 10.5. The molecule has 0 spiro atoms. The number of hydrogen-bond donors (Lipinski definition) is 1. The largest absolute Gasteiger partial charge is 0.493 e. The molecule has 1 heterocycles. The summed E-state index contributed by atoms with van der Waals surface area (Å²) in [6.45, 7) is 4.09. The van der Waals surface area contributed by atoms with Gasteiger partial charge in [0.2, 0.25) is 0 Å². The van der Waals surface area contributed by atoms with Gasteiger partial charge in [-0.2, -0.15) is 0 Å². The first kappa shape index (κ1) is 21.3. The molecule has 8 nitrogen and oxygen atoms in total. The monoisotopic (exact) mass is 427 g/mol. The zero-order valence-corrected chi connectivity index (χ0v) is 17.6. The van der Waals surface area contributed by atoms with Gasteiger partial charge in [-0.25, -0.2) is 4.98 Å². The van der Waals surface area contributed by atoms with E-state index in [0.29, 0.717) is 18.2 Å². The summed E-state index contributed by atoms with van der Waals surface area (Å²) in [5.74, 6) is -0.191. The molecule has 1 N–H and O–H groups in total. The fourth-order valence-corrected chi connectivity index (χ4v) is 3.67. The van der Waals surface area contributed by atoms with Crippen molar-refractivity contribution in [2.45, 2.75) is 20.3 Å². The van der Waals surface area contributed by atoms with Gasteiger partial charge in [0.05, 0.1) is 24.7 Å². The number of nitro benzene ring substituents is 1. The molecule has 3 aromatic rings. The van der Waals surface area contributed by atoms with Gasteiger partial charge in [0, 0.05) is 23.6 Å². The van der Waals surface area contributed by atoms with Gasteiger partial charge >= 0.3 is 0 Å². The SMILES string of the molecule is CCOc1cc([N+](=O)[O-])c(C(=O)Nc2ncc(Cc3ccc(C)cc3)s2)cc1OC. The van der Waals surface area contributed by atoms with Crippen LogP contribution in [-0.2, 0) is 6.42 Å². The standard InChI is InChI=1S/C21H21N3O5S/c1-4-29-19-11-17(24(26)27)16(10-18(19)28-3)20(25)23-21-22-12-15(30-21)9-14-7-5-13(2)6-8-14/h5-8,10-12H,4,9H2,1-3H3,(H,22,23,25). The summed E-state index contributed by atoms with van der Waals surface area (Å²) in [4.78, 5) is 28.8. The van der Waals surface area contributed by atoms with Gasteiger partial charge in [-0.1, -0.05) is 29.8 Å². The summed E-state index contributed by atoms with van der Waals surface area (Å²) < 4.78 is 10.6. The lowest BCUT2D eigenvalue weighted by molar-refractivity contribution is -0.385. The van der Waals surface area contributed by atoms with E-state index < -0.39 is 10.8 Å². The predicted octanol–water partition coefficient (Wildman–Crippen LogP) is 4.61. The first-order chi connectivity index (χ1) is 14.4. The molecule has 2 aromatic carbocycles. The number of rotatable bonds is 8. The lowest BCUT2D eigenvalue weighted by Gasteiger charge is -2.11. The molecule has 0 saturated carbocycles. The lowest BCUT2D eigenvalue weighted by Crippen LogP contribution is -2.14. The summed E-state index contributed by atoms with van der Waals surface area (Å²) >= 11 is 1.32. The highest BCUT2D eigenvalue weighted by molar-refractivity contribution is 7.15. The zero-order chi connectivity index (χ0) is 21.7. The molecule has 3 rings (SSSR count). The van der Waals surface area contributed by atoms with Crippen molar-refractivity contribution >= 4 is 28.1 Å². The molecule has 9 heteroatoms. The van der Waals surface area contributed by atoms with Crippen LogP contribution in [0.15, 0.2) is 42.6 Å². The minimum atomic E-state index is -0.640. The van der Waals surface area contributed by atoms with Gasteiger partial charge in [-0.15, -0.1) is 11.3 Å². The van der Waals surface area contributed by atoms with Crippen LogP contribution in [0.5, 0.6) is 11.5 Å². The molecule has 0 aliphatic heterocycles. The van der Waals surface area contributed by atoms with Crippen LogP contribution in [0.2, 0.25) is 0 Å². The van der Waals surface area contributed by atoms with E-state index in [1.165, 1.54) is 36.1 Å². The fourth-order valence-electron chi connectivity index (χ4n) is 2.83. The van der Waals surface area contributed by atoms with Crippen LogP contribution >= 0.6 is 11.3 Å². The fraction of sp³-hybridized carbons (Fsp3) is 0.238. The molecule has 156 valence electrons. The second kappa shape index (κ2) is 9.36. The van der Waals surface area contributed by atoms with Crippen LogP contribution in [0.25, 0.3) is 0 Å². The van der Waals surface area contributed by atoms with E-state index in [9.17, 15) is 14.9 Å². The molecule has 1 aromatic heterocycles. The van der Waals surface area contributed by atoms with E-state index in [2.05, 4.69) is 10.3 Å². The number of nitrogens with one attached hydrogen (secondary N) is 1. The molecule has 1 amide bonds. The third-order valence-electron chi connectivity index (χ3n) is 4.30. The highest BCUT2D eigenvalue weighted by Gasteiger charge is 2.25. The first-order valence-corrected chi connectivity index (χ1v) is 10.0. The van der Waals surface area contributed by atoms with Crippen molar-refractivity contribution in [1.29, 1.82) is 0 Å². The minimum Gasteiger partial charge on any atom is -0.493 e. The Morgan fingerprint density at radius 3 is 2.60 bits per heavy atom. The van der Waals surface area contributed by atoms with Crippen molar-refractivity contribution in [3.63, 3.8) is 0 Å². The Kier molecular flexibility index (Phi) is 6.63. The Bertz CT molecular complexity index is 1060. The van der Waals surface area contributed by atoms with E-state index in [1.54, 1.807) is 13.1 Å². The number of aryl methyl sites for hydroxylation is 1. The van der Waals surface area contributed by atoms with Gasteiger partial charge in [0.1, 0.15) is 5.56 Å². The number of methoxy groups -OCH3 is 1. The second-order valence-corrected chi connectivity index (χ2v) is 7.57. The molecule has 0 aliphatic rings. The molecule has 0 saturated heterocycles. The number of benzene rings is 2. The van der Waals surface area contributed by atoms with Crippen molar-refractivity contribution in [2.75, 3.05) is 19.0 Å². The summed E-state index contributed by atoms with van der Waals surface area (Å²) in [6, 6.07) is 10.7. The van der Waals surface area contributed by atoms with Crippen LogP contribution in [-0.4, -0.2) is 29.5 Å². The second-order valence-electron chi connectivity index (χ2n) is 6.46. The lowest BCUT2D eigenvalue weighted by atomic mass is 10.1. The Labute approximate surface area is 177 Å². The number of nitrogens with zero attached hydrogens (tertiary/aromatic N) is 2. The number of ether oxygens (including phenoxy) is 2. The molecule has 0 atom stereocenters. The van der Waals surface area contributed by atoms with Gasteiger partial charge in [-0.3, -0.25) is 20.2 Å². The van der Waals surface area contributed by atoms with Crippen LogP contribution in [0.4, 0.5) is 10.8 Å². The van der Waals surface area contributed by atoms with E-state index in [1.807, 2.05) is 31.2 Å². The summed E-state index contributed by atoms with van der Waals surface area (Å²) in [7, 11) is 1.41. The van der Waals surface area contributed by atoms with E-state index in [4.69, 9.17) is 9.47 Å². The van der Waals surface area contributed by atoms with Gasteiger partial charge in [-0.05, 0) is 19.4 Å². The number of carbonyl (C=O) groups excluding carboxylic acids is 1. The van der Waals surface area contributed by atoms with E-state index >= 15 is 0 Å². The maximum Gasteiger partial charge on any atom is 0.286 e. The number of anilines is 1. The van der Waals surface area contributed by atoms with Crippen LogP contribution in [0.3, 0.4) is 0 Å². The van der Waals surface area contributed by atoms with Crippen molar-refractivity contribution in [2.24, 2.45) is 0 Å². The van der Waals surface area contributed by atoms with Crippen molar-refractivity contribution in [3.8, 4) is 11.5 Å². The van der Waals surface area contributed by atoms with Crippen molar-refractivity contribution < 1.29 is 19.2 Å². The highest BCUT2D eigenvalue weighted by Crippen LogP contribution is 2.35. The number of hydrogen-bond acceptors (Lipinski definition) is 7. The summed E-state index contributed by atoms with van der Waals surface area (Å²) in [6.07, 6.45) is 2.37. The number of thiazole rings is 1. The summed E-state index contributed by atoms with van der Waals surface area (Å²) in [5.41, 5.74) is 1.82. The predicted molar refractivity (Wildman–Crippen MR) is 115 cm³/mol. The van der Waals surface area contributed by atoms with E-state index in [0.717, 1.165) is 10.4 Å². The molecule has 30 heavy (non-hydrogen) atoms. The zero-order valence-electron chi connectivity index (χ0n) is 16.8. The Balaban J connectivity index is 1.81. The summed E-state index contributed by atoms with van der Waals surface area (Å²) in [5, 5.41) is 14.5. The molecule has 0 unspecified atom stereocenters. The minimum absolute atomic E-state index is 0.129. The quantitative estimate of drug-likeness (QED) is 0.416. The van der Waals surface area contributed by atoms with Gasteiger partial charge < -0.3 is 9.47 Å². The third kappa shape index (κ3) is 4.93. The molecule has 0 radical (unpaired) electrons. The van der Waals surface area contributed by atoms with Gasteiger partial charge in [0.25, 0.3) is 11.6 Å². The number of carbonyl (C=O) groups is 1. The average molecular weight is 427 g/mol. The van der Waals surface area contributed by atoms with Crippen LogP contribution in [0, 0.1) is 17.0 Å². The number of aromatic nitrogens is 1. The third-order valence-corrected chi connectivity index (χ3v) is 5.21. The molecular formula is C21H21N3O5S. The first-order valence-electron chi connectivity index (χ1n) is 9.22. The molecule has 0 bridgehead atoms. The highest BCUT2D eigenvalue weighted by atomic mass is 32.1. The number of amides is 1. The smallest absolute Gasteiger partial charge is 0.286 e. The van der Waals surface area contributed by atoms with E-state index in [-0.39, 0.29) is 22.7 Å². The van der Waals surface area contributed by atoms with Crippen LogP contribution < -0.4 is 14.8 Å². The van der Waals surface area contributed by atoms with Gasteiger partial charge in [0.15, 0.2) is 16.6 Å². The van der Waals surface area contributed by atoms with Crippen LogP contribution in [0.1, 0.15) is 33.3 Å². The number of nitro groups is 1. The maximum atomic E-state index is 12.7.